The van der Waals surface area contributed by atoms with Crippen LogP contribution in [0.1, 0.15) is 31.1 Å². The Morgan fingerprint density at radius 3 is 1.59 bits per heavy atom. The minimum atomic E-state index is -1.62. The topological polar surface area (TPSA) is 105 Å². The van der Waals surface area contributed by atoms with Gasteiger partial charge in [-0.1, -0.05) is 54.6 Å². The minimum absolute atomic E-state index is 0.218. The van der Waals surface area contributed by atoms with Crippen molar-refractivity contribution in [1.29, 1.82) is 0 Å². The molecular weight excluding hydrogens is 440 g/mol. The number of hydrogen-bond donors (Lipinski definition) is 0. The van der Waals surface area contributed by atoms with Crippen molar-refractivity contribution < 1.29 is 38.1 Å². The van der Waals surface area contributed by atoms with Gasteiger partial charge >= 0.3 is 17.9 Å². The fourth-order valence-electron chi connectivity index (χ4n) is 3.27. The van der Waals surface area contributed by atoms with Gasteiger partial charge in [0.15, 0.2) is 6.10 Å². The lowest BCUT2D eigenvalue weighted by molar-refractivity contribution is -0.147. The Morgan fingerprint density at radius 1 is 0.647 bits per heavy atom. The Kier molecular flexibility index (Phi) is 7.10. The van der Waals surface area contributed by atoms with Gasteiger partial charge in [-0.05, 0) is 36.4 Å². The van der Waals surface area contributed by atoms with Gasteiger partial charge in [0.2, 0.25) is 5.78 Å². The molecule has 1 saturated heterocycles. The third kappa shape index (κ3) is 5.36. The normalized spacial score (nSPS) is 19.3. The highest BCUT2D eigenvalue weighted by Gasteiger charge is 2.49. The molecule has 0 aliphatic carbocycles. The molecule has 4 rings (SSSR count). The van der Waals surface area contributed by atoms with Crippen LogP contribution in [-0.2, 0) is 23.7 Å². The summed E-state index contributed by atoms with van der Waals surface area (Å²) in [6, 6.07) is 24.4. The Hall–Kier alpha value is -4.30. The van der Waals surface area contributed by atoms with Gasteiger partial charge in [-0.3, -0.25) is 4.79 Å². The first-order chi connectivity index (χ1) is 16.5. The zero-order chi connectivity index (χ0) is 23.9. The van der Waals surface area contributed by atoms with Crippen LogP contribution in [0.25, 0.3) is 0 Å². The molecule has 8 heteroatoms. The summed E-state index contributed by atoms with van der Waals surface area (Å²) in [5.41, 5.74) is 0.743. The number of hydrogen-bond acceptors (Lipinski definition) is 8. The van der Waals surface area contributed by atoms with Crippen LogP contribution in [0.15, 0.2) is 91.0 Å². The number of carbonyl (C=O) groups is 4. The van der Waals surface area contributed by atoms with Gasteiger partial charge in [0.05, 0.1) is 16.7 Å². The van der Waals surface area contributed by atoms with Crippen LogP contribution in [0.4, 0.5) is 0 Å². The van der Waals surface area contributed by atoms with Gasteiger partial charge in [0, 0.05) is 0 Å². The first kappa shape index (κ1) is 22.9. The predicted octanol–water partition coefficient (Wildman–Crippen LogP) is 3.22. The Morgan fingerprint density at radius 2 is 1.09 bits per heavy atom. The van der Waals surface area contributed by atoms with E-state index in [1.165, 1.54) is 24.3 Å². The number of benzene rings is 3. The number of Topliss-reactive ketones (excluding diaryl/α,β-unsaturated/α-hetero) is 1. The molecule has 3 atom stereocenters. The molecule has 1 heterocycles. The van der Waals surface area contributed by atoms with Gasteiger partial charge in [0.25, 0.3) is 6.29 Å². The highest BCUT2D eigenvalue weighted by atomic mass is 16.7. The average Bonchev–Trinajstić information content (AvgIpc) is 3.17. The molecule has 1 aliphatic heterocycles. The van der Waals surface area contributed by atoms with Crippen molar-refractivity contribution in [3.05, 3.63) is 108 Å². The van der Waals surface area contributed by atoms with Crippen molar-refractivity contribution in [1.82, 2.24) is 0 Å². The van der Waals surface area contributed by atoms with E-state index >= 15 is 0 Å². The molecule has 0 radical (unpaired) electrons. The maximum atomic E-state index is 12.9. The summed E-state index contributed by atoms with van der Waals surface area (Å²) in [6.07, 6.45) is -4.23. The summed E-state index contributed by atoms with van der Waals surface area (Å²) in [7, 11) is 0. The van der Waals surface area contributed by atoms with Gasteiger partial charge in [0.1, 0.15) is 12.7 Å². The number of rotatable bonds is 7. The van der Waals surface area contributed by atoms with Crippen LogP contribution in [0, 0.1) is 0 Å². The molecule has 0 N–H and O–H groups in total. The van der Waals surface area contributed by atoms with Crippen LogP contribution in [0.5, 0.6) is 0 Å². The number of ketones is 1. The number of esters is 3. The second-order valence-electron chi connectivity index (χ2n) is 7.34. The molecule has 8 nitrogen and oxygen atoms in total. The molecule has 3 aromatic rings. The van der Waals surface area contributed by atoms with Gasteiger partial charge in [-0.2, -0.15) is 0 Å². The van der Waals surface area contributed by atoms with Crippen LogP contribution >= 0.6 is 0 Å². The van der Waals surface area contributed by atoms with E-state index in [1.54, 1.807) is 66.7 Å². The third-order valence-electron chi connectivity index (χ3n) is 5.00. The van der Waals surface area contributed by atoms with Crippen LogP contribution in [0.2, 0.25) is 0 Å². The molecular formula is C26H20O8. The molecule has 0 amide bonds. The highest BCUT2D eigenvalue weighted by Crippen LogP contribution is 2.24. The lowest BCUT2D eigenvalue weighted by atomic mass is 10.1. The van der Waals surface area contributed by atoms with Crippen molar-refractivity contribution >= 4 is 23.7 Å². The summed E-state index contributed by atoms with van der Waals surface area (Å²) in [4.78, 5) is 50.2. The summed E-state index contributed by atoms with van der Waals surface area (Å²) >= 11 is 0. The largest absolute Gasteiger partial charge is 0.459 e. The van der Waals surface area contributed by atoms with E-state index in [2.05, 4.69) is 0 Å². The highest BCUT2D eigenvalue weighted by molar-refractivity contribution is 5.97. The second-order valence-corrected chi connectivity index (χ2v) is 7.34. The van der Waals surface area contributed by atoms with E-state index in [0.717, 1.165) is 0 Å². The summed E-state index contributed by atoms with van der Waals surface area (Å²) in [6.45, 7) is -0.397. The fourth-order valence-corrected chi connectivity index (χ4v) is 3.27. The quantitative estimate of drug-likeness (QED) is 0.391. The SMILES string of the molecule is O=C(OC[C@H]1OC(OC(=O)c2ccccc2)C(=O)C1OC(=O)c1ccccc1)c1ccccc1. The van der Waals surface area contributed by atoms with E-state index in [0.29, 0.717) is 5.56 Å². The number of carbonyl (C=O) groups excluding carboxylic acids is 4. The first-order valence-corrected chi connectivity index (χ1v) is 10.5. The van der Waals surface area contributed by atoms with Gasteiger partial charge in [-0.15, -0.1) is 0 Å². The maximum Gasteiger partial charge on any atom is 0.340 e. The van der Waals surface area contributed by atoms with Crippen LogP contribution < -0.4 is 0 Å². The van der Waals surface area contributed by atoms with Crippen LogP contribution in [0.3, 0.4) is 0 Å². The minimum Gasteiger partial charge on any atom is -0.459 e. The molecule has 0 saturated carbocycles. The molecule has 0 bridgehead atoms. The molecule has 0 spiro atoms. The van der Waals surface area contributed by atoms with Crippen molar-refractivity contribution in [2.45, 2.75) is 18.5 Å². The van der Waals surface area contributed by atoms with Gasteiger partial charge in [-0.25, -0.2) is 14.4 Å². The van der Waals surface area contributed by atoms with Crippen molar-refractivity contribution in [2.75, 3.05) is 6.61 Å². The number of ether oxygens (including phenoxy) is 4. The predicted molar refractivity (Wildman–Crippen MR) is 118 cm³/mol. The summed E-state index contributed by atoms with van der Waals surface area (Å²) in [5.74, 6) is -2.96. The summed E-state index contributed by atoms with van der Waals surface area (Å²) < 4.78 is 21.4. The van der Waals surface area contributed by atoms with Crippen molar-refractivity contribution in [3.63, 3.8) is 0 Å². The lowest BCUT2D eigenvalue weighted by Crippen LogP contribution is -2.36. The van der Waals surface area contributed by atoms with E-state index < -0.39 is 48.8 Å². The smallest absolute Gasteiger partial charge is 0.340 e. The van der Waals surface area contributed by atoms with Crippen molar-refractivity contribution in [2.24, 2.45) is 0 Å². The maximum absolute atomic E-state index is 12.9. The molecule has 0 aromatic heterocycles. The van der Waals surface area contributed by atoms with E-state index in [9.17, 15) is 19.2 Å². The standard InChI is InChI=1S/C26H20O8/c27-21-22(33-24(29)18-12-6-2-7-13-18)20(16-31-23(28)17-10-4-1-5-11-17)32-26(21)34-25(30)19-14-8-3-9-15-19/h1-15,20,22,26H,16H2/t20-,22?,26?/m1/s1. The summed E-state index contributed by atoms with van der Waals surface area (Å²) in [5, 5.41) is 0. The zero-order valence-electron chi connectivity index (χ0n) is 17.9. The average molecular weight is 460 g/mol. The van der Waals surface area contributed by atoms with Crippen LogP contribution in [-0.4, -0.2) is 48.8 Å². The molecule has 172 valence electrons. The van der Waals surface area contributed by atoms with E-state index in [4.69, 9.17) is 18.9 Å². The third-order valence-corrected chi connectivity index (χ3v) is 5.00. The lowest BCUT2D eigenvalue weighted by Gasteiger charge is -2.17. The molecule has 2 unspecified atom stereocenters. The monoisotopic (exact) mass is 460 g/mol. The van der Waals surface area contributed by atoms with Gasteiger partial charge < -0.3 is 18.9 Å². The van der Waals surface area contributed by atoms with E-state index in [1.807, 2.05) is 0 Å². The fraction of sp³-hybridized carbons (Fsp3) is 0.154. The zero-order valence-corrected chi connectivity index (χ0v) is 17.9. The molecule has 34 heavy (non-hydrogen) atoms. The van der Waals surface area contributed by atoms with Crippen molar-refractivity contribution in [3.8, 4) is 0 Å². The molecule has 3 aromatic carbocycles. The molecule has 1 aliphatic rings. The Labute approximate surface area is 195 Å². The first-order valence-electron chi connectivity index (χ1n) is 10.5. The second kappa shape index (κ2) is 10.5. The Balaban J connectivity index is 1.48. The van der Waals surface area contributed by atoms with E-state index in [-0.39, 0.29) is 11.1 Å². The Bertz CT molecular complexity index is 1160. The molecule has 1 fully saturated rings.